The first-order chi connectivity index (χ1) is 7.66. The van der Waals surface area contributed by atoms with Crippen LogP contribution in [0.4, 0.5) is 8.78 Å². The van der Waals surface area contributed by atoms with Crippen LogP contribution in [0, 0.1) is 11.6 Å². The van der Waals surface area contributed by atoms with Crippen molar-refractivity contribution in [1.82, 2.24) is 0 Å². The van der Waals surface area contributed by atoms with E-state index < -0.39 is 11.6 Å². The van der Waals surface area contributed by atoms with Gasteiger partial charge in [0, 0.05) is 10.5 Å². The summed E-state index contributed by atoms with van der Waals surface area (Å²) in [6, 6.07) is 5.03. The molecule has 0 saturated carbocycles. The topological polar surface area (TPSA) is 9.23 Å². The van der Waals surface area contributed by atoms with Gasteiger partial charge in [-0.3, -0.25) is 0 Å². The van der Waals surface area contributed by atoms with Crippen LogP contribution < -0.4 is 4.74 Å². The molecule has 0 saturated heterocycles. The van der Waals surface area contributed by atoms with Crippen LogP contribution in [0.5, 0.6) is 5.75 Å². The molecule has 0 radical (unpaired) electrons. The van der Waals surface area contributed by atoms with Gasteiger partial charge in [0.25, 0.3) is 0 Å². The summed E-state index contributed by atoms with van der Waals surface area (Å²) in [6.45, 7) is 0.221. The van der Waals surface area contributed by atoms with E-state index in [1.54, 1.807) is 0 Å². The first-order valence-corrected chi connectivity index (χ1v) is 6.14. The third-order valence-electron chi connectivity index (χ3n) is 1.94. The van der Waals surface area contributed by atoms with Gasteiger partial charge in [0.15, 0.2) is 11.6 Å². The predicted molar refractivity (Wildman–Crippen MR) is 62.7 cm³/mol. The van der Waals surface area contributed by atoms with Crippen LogP contribution in [0.15, 0.2) is 34.1 Å². The van der Waals surface area contributed by atoms with Gasteiger partial charge in [0.05, 0.1) is 4.88 Å². The van der Waals surface area contributed by atoms with Crippen LogP contribution >= 0.6 is 27.3 Å². The lowest BCUT2D eigenvalue weighted by Gasteiger charge is -2.06. The molecule has 1 heterocycles. The van der Waals surface area contributed by atoms with Gasteiger partial charge in [0.1, 0.15) is 12.4 Å². The Hall–Kier alpha value is -0.940. The highest BCUT2D eigenvalue weighted by atomic mass is 79.9. The molecule has 1 aromatic carbocycles. The highest BCUT2D eigenvalue weighted by Gasteiger charge is 2.07. The number of benzene rings is 1. The molecule has 0 bridgehead atoms. The van der Waals surface area contributed by atoms with E-state index in [0.717, 1.165) is 27.5 Å². The van der Waals surface area contributed by atoms with E-state index in [0.29, 0.717) is 0 Å². The van der Waals surface area contributed by atoms with E-state index in [4.69, 9.17) is 4.74 Å². The quantitative estimate of drug-likeness (QED) is 0.818. The van der Waals surface area contributed by atoms with E-state index in [-0.39, 0.29) is 12.4 Å². The lowest BCUT2D eigenvalue weighted by atomic mass is 10.3. The van der Waals surface area contributed by atoms with E-state index in [1.807, 2.05) is 11.4 Å². The molecule has 0 aliphatic rings. The second-order valence-corrected chi connectivity index (χ2v) is 4.91. The predicted octanol–water partition coefficient (Wildman–Crippen LogP) is 4.37. The van der Waals surface area contributed by atoms with E-state index in [9.17, 15) is 8.78 Å². The zero-order valence-corrected chi connectivity index (χ0v) is 10.4. The maximum Gasteiger partial charge on any atom is 0.165 e. The molecule has 5 heteroatoms. The van der Waals surface area contributed by atoms with Crippen molar-refractivity contribution >= 4 is 27.3 Å². The van der Waals surface area contributed by atoms with Gasteiger partial charge in [-0.2, -0.15) is 0 Å². The fraction of sp³-hybridized carbons (Fsp3) is 0.0909. The number of halogens is 3. The standard InChI is InChI=1S/C11H7BrF2OS/c12-8-3-4-16-11(8)6-15-10-5-7(13)1-2-9(10)14/h1-5H,6H2. The fourth-order valence-electron chi connectivity index (χ4n) is 1.16. The van der Waals surface area contributed by atoms with Gasteiger partial charge in [-0.1, -0.05) is 0 Å². The Morgan fingerprint density at radius 1 is 1.25 bits per heavy atom. The molecule has 0 N–H and O–H groups in total. The lowest BCUT2D eigenvalue weighted by molar-refractivity contribution is 0.291. The summed E-state index contributed by atoms with van der Waals surface area (Å²) in [4.78, 5) is 0.934. The lowest BCUT2D eigenvalue weighted by Crippen LogP contribution is -1.96. The largest absolute Gasteiger partial charge is 0.485 e. The highest BCUT2D eigenvalue weighted by Crippen LogP contribution is 2.25. The Morgan fingerprint density at radius 2 is 2.06 bits per heavy atom. The Labute approximate surface area is 104 Å². The van der Waals surface area contributed by atoms with Crippen molar-refractivity contribution in [2.45, 2.75) is 6.61 Å². The highest BCUT2D eigenvalue weighted by molar-refractivity contribution is 9.10. The van der Waals surface area contributed by atoms with Crippen molar-refractivity contribution < 1.29 is 13.5 Å². The van der Waals surface area contributed by atoms with Crippen molar-refractivity contribution in [2.24, 2.45) is 0 Å². The van der Waals surface area contributed by atoms with E-state index in [1.165, 1.54) is 11.3 Å². The summed E-state index contributed by atoms with van der Waals surface area (Å²) in [5, 5.41) is 1.89. The summed E-state index contributed by atoms with van der Waals surface area (Å²) >= 11 is 4.83. The molecule has 0 atom stereocenters. The van der Waals surface area contributed by atoms with Crippen molar-refractivity contribution in [3.8, 4) is 5.75 Å². The molecular formula is C11H7BrF2OS. The van der Waals surface area contributed by atoms with Crippen LogP contribution in [0.2, 0.25) is 0 Å². The Morgan fingerprint density at radius 3 is 2.75 bits per heavy atom. The molecular weight excluding hydrogens is 298 g/mol. The molecule has 2 aromatic rings. The van der Waals surface area contributed by atoms with Gasteiger partial charge in [0.2, 0.25) is 0 Å². The van der Waals surface area contributed by atoms with Crippen LogP contribution in [0.1, 0.15) is 4.88 Å². The molecule has 84 valence electrons. The summed E-state index contributed by atoms with van der Waals surface area (Å²) < 4.78 is 32.2. The van der Waals surface area contributed by atoms with Crippen LogP contribution in [0.25, 0.3) is 0 Å². The average Bonchev–Trinajstić information content (AvgIpc) is 2.66. The zero-order valence-electron chi connectivity index (χ0n) is 8.04. The van der Waals surface area contributed by atoms with E-state index >= 15 is 0 Å². The molecule has 0 unspecified atom stereocenters. The average molecular weight is 305 g/mol. The van der Waals surface area contributed by atoms with Crippen molar-refractivity contribution in [3.63, 3.8) is 0 Å². The minimum atomic E-state index is -0.561. The molecule has 16 heavy (non-hydrogen) atoms. The van der Waals surface area contributed by atoms with Gasteiger partial charge < -0.3 is 4.74 Å². The Bertz CT molecular complexity index is 498. The number of hydrogen-bond donors (Lipinski definition) is 0. The second-order valence-electron chi connectivity index (χ2n) is 3.06. The van der Waals surface area contributed by atoms with Crippen LogP contribution in [-0.2, 0) is 6.61 Å². The number of hydrogen-bond acceptors (Lipinski definition) is 2. The summed E-state index contributed by atoms with van der Waals surface area (Å²) in [7, 11) is 0. The van der Waals surface area contributed by atoms with Crippen molar-refractivity contribution in [2.75, 3.05) is 0 Å². The molecule has 0 spiro atoms. The Balaban J connectivity index is 2.10. The van der Waals surface area contributed by atoms with Gasteiger partial charge in [-0.15, -0.1) is 11.3 Å². The first-order valence-electron chi connectivity index (χ1n) is 4.46. The molecule has 1 aromatic heterocycles. The van der Waals surface area contributed by atoms with Gasteiger partial charge >= 0.3 is 0 Å². The van der Waals surface area contributed by atoms with Crippen molar-refractivity contribution in [1.29, 1.82) is 0 Å². The normalized spacial score (nSPS) is 10.4. The molecule has 0 aliphatic carbocycles. The molecule has 0 aliphatic heterocycles. The number of rotatable bonds is 3. The minimum absolute atomic E-state index is 0.0692. The van der Waals surface area contributed by atoms with Crippen LogP contribution in [-0.4, -0.2) is 0 Å². The monoisotopic (exact) mass is 304 g/mol. The Kier molecular flexibility index (Phi) is 3.56. The van der Waals surface area contributed by atoms with Crippen molar-refractivity contribution in [3.05, 3.63) is 50.6 Å². The minimum Gasteiger partial charge on any atom is -0.485 e. The maximum absolute atomic E-state index is 13.2. The van der Waals surface area contributed by atoms with Gasteiger partial charge in [-0.05, 0) is 39.5 Å². The number of ether oxygens (including phenoxy) is 1. The SMILES string of the molecule is Fc1ccc(F)c(OCc2sccc2Br)c1. The third kappa shape index (κ3) is 2.59. The second kappa shape index (κ2) is 4.93. The third-order valence-corrected chi connectivity index (χ3v) is 3.84. The maximum atomic E-state index is 13.2. The van der Waals surface area contributed by atoms with Crippen LogP contribution in [0.3, 0.4) is 0 Å². The van der Waals surface area contributed by atoms with Gasteiger partial charge in [-0.25, -0.2) is 8.78 Å². The molecule has 2 rings (SSSR count). The molecule has 0 amide bonds. The fourth-order valence-corrected chi connectivity index (χ4v) is 2.54. The molecule has 0 fully saturated rings. The van der Waals surface area contributed by atoms with E-state index in [2.05, 4.69) is 15.9 Å². The zero-order chi connectivity index (χ0) is 11.5. The smallest absolute Gasteiger partial charge is 0.165 e. The molecule has 1 nitrogen and oxygen atoms in total. The summed E-state index contributed by atoms with van der Waals surface area (Å²) in [6.07, 6.45) is 0. The summed E-state index contributed by atoms with van der Waals surface area (Å²) in [5.74, 6) is -1.14. The first kappa shape index (κ1) is 11.5. The number of thiophene rings is 1. The summed E-state index contributed by atoms with van der Waals surface area (Å²) in [5.41, 5.74) is 0.